The minimum absolute atomic E-state index is 0.122. The van der Waals surface area contributed by atoms with Crippen LogP contribution in [0.1, 0.15) is 23.7 Å². The lowest BCUT2D eigenvalue weighted by molar-refractivity contribution is 0.0988. The minimum atomic E-state index is 0.122. The van der Waals surface area contributed by atoms with Gasteiger partial charge >= 0.3 is 0 Å². The lowest BCUT2D eigenvalue weighted by atomic mass is 10.1. The third kappa shape index (κ3) is 2.18. The lowest BCUT2D eigenvalue weighted by Gasteiger charge is -2.06. The van der Waals surface area contributed by atoms with Crippen LogP contribution in [0.5, 0.6) is 5.75 Å². The number of aromatic nitrogens is 1. The predicted molar refractivity (Wildman–Crippen MR) is 79.0 cm³/mol. The fourth-order valence-electron chi connectivity index (χ4n) is 2.23. The van der Waals surface area contributed by atoms with Gasteiger partial charge < -0.3 is 4.84 Å². The zero-order valence-corrected chi connectivity index (χ0v) is 11.2. The Labute approximate surface area is 117 Å². The molecule has 20 heavy (non-hydrogen) atoms. The molecule has 3 heteroatoms. The van der Waals surface area contributed by atoms with Gasteiger partial charge in [0.15, 0.2) is 11.5 Å². The van der Waals surface area contributed by atoms with Gasteiger partial charge in [0.05, 0.1) is 11.7 Å². The van der Waals surface area contributed by atoms with Gasteiger partial charge in [-0.15, -0.1) is 0 Å². The first-order valence-electron chi connectivity index (χ1n) is 6.66. The molecule has 0 saturated heterocycles. The van der Waals surface area contributed by atoms with E-state index in [1.54, 1.807) is 10.9 Å². The standard InChI is InChI=1S/C17H15NO2/c1-2-17(19)15-12-18(16-11-7-6-10-14(15)16)20-13-8-4-3-5-9-13/h3-12H,2H2,1H3. The molecule has 0 amide bonds. The van der Waals surface area contributed by atoms with Gasteiger partial charge in [-0.2, -0.15) is 4.73 Å². The second-order valence-corrected chi connectivity index (χ2v) is 4.57. The van der Waals surface area contributed by atoms with Crippen molar-refractivity contribution < 1.29 is 9.63 Å². The number of fused-ring (bicyclic) bond motifs is 1. The van der Waals surface area contributed by atoms with Gasteiger partial charge in [-0.3, -0.25) is 4.79 Å². The molecule has 0 aliphatic rings. The number of benzene rings is 2. The predicted octanol–water partition coefficient (Wildman–Crippen LogP) is 4.08. The second kappa shape index (κ2) is 5.21. The number of hydrogen-bond acceptors (Lipinski definition) is 2. The SMILES string of the molecule is CCC(=O)c1cn(Oc2ccccc2)c2ccccc12. The highest BCUT2D eigenvalue weighted by atomic mass is 16.7. The Morgan fingerprint density at radius 3 is 2.50 bits per heavy atom. The van der Waals surface area contributed by atoms with Gasteiger partial charge in [0.1, 0.15) is 0 Å². The molecule has 0 radical (unpaired) electrons. The maximum Gasteiger partial charge on any atom is 0.164 e. The first kappa shape index (κ1) is 12.5. The summed E-state index contributed by atoms with van der Waals surface area (Å²) in [7, 11) is 0. The summed E-state index contributed by atoms with van der Waals surface area (Å²) in [6.45, 7) is 1.87. The number of carbonyl (C=O) groups excluding carboxylic acids is 1. The van der Waals surface area contributed by atoms with Crippen LogP contribution in [-0.2, 0) is 0 Å². The number of carbonyl (C=O) groups is 1. The van der Waals surface area contributed by atoms with Gasteiger partial charge in [-0.05, 0) is 18.2 Å². The highest BCUT2D eigenvalue weighted by Crippen LogP contribution is 2.23. The highest BCUT2D eigenvalue weighted by molar-refractivity contribution is 6.07. The molecule has 0 spiro atoms. The molecule has 1 aromatic heterocycles. The first-order valence-corrected chi connectivity index (χ1v) is 6.66. The van der Waals surface area contributed by atoms with E-state index in [2.05, 4.69) is 0 Å². The van der Waals surface area contributed by atoms with Crippen LogP contribution in [0.4, 0.5) is 0 Å². The molecule has 3 aromatic rings. The summed E-state index contributed by atoms with van der Waals surface area (Å²) in [4.78, 5) is 17.9. The zero-order chi connectivity index (χ0) is 13.9. The van der Waals surface area contributed by atoms with Crippen molar-refractivity contribution >= 4 is 16.7 Å². The van der Waals surface area contributed by atoms with Crippen LogP contribution < -0.4 is 4.84 Å². The van der Waals surface area contributed by atoms with Gasteiger partial charge in [0.25, 0.3) is 0 Å². The van der Waals surface area contributed by atoms with Gasteiger partial charge in [-0.25, -0.2) is 0 Å². The van der Waals surface area contributed by atoms with Crippen molar-refractivity contribution in [2.45, 2.75) is 13.3 Å². The van der Waals surface area contributed by atoms with Crippen LogP contribution in [0.25, 0.3) is 10.9 Å². The van der Waals surface area contributed by atoms with Crippen LogP contribution in [0.2, 0.25) is 0 Å². The van der Waals surface area contributed by atoms with Crippen molar-refractivity contribution in [3.63, 3.8) is 0 Å². The maximum atomic E-state index is 12.0. The highest BCUT2D eigenvalue weighted by Gasteiger charge is 2.14. The molecule has 2 aromatic carbocycles. The largest absolute Gasteiger partial charge is 0.375 e. The molecule has 0 N–H and O–H groups in total. The van der Waals surface area contributed by atoms with E-state index in [9.17, 15) is 4.79 Å². The number of ketones is 1. The Morgan fingerprint density at radius 1 is 1.05 bits per heavy atom. The fourth-order valence-corrected chi connectivity index (χ4v) is 2.23. The van der Waals surface area contributed by atoms with Crippen molar-refractivity contribution in [2.24, 2.45) is 0 Å². The number of hydrogen-bond donors (Lipinski definition) is 0. The Kier molecular flexibility index (Phi) is 3.25. The summed E-state index contributed by atoms with van der Waals surface area (Å²) in [5.74, 6) is 0.861. The van der Waals surface area contributed by atoms with Crippen LogP contribution in [-0.4, -0.2) is 10.5 Å². The molecule has 3 nitrogen and oxygen atoms in total. The number of para-hydroxylation sites is 2. The van der Waals surface area contributed by atoms with Crippen molar-refractivity contribution in [3.05, 3.63) is 66.4 Å². The number of rotatable bonds is 4. The molecule has 0 aliphatic carbocycles. The van der Waals surface area contributed by atoms with E-state index in [1.165, 1.54) is 0 Å². The first-order chi connectivity index (χ1) is 9.79. The molecule has 100 valence electrons. The molecule has 0 atom stereocenters. The van der Waals surface area contributed by atoms with Crippen LogP contribution >= 0.6 is 0 Å². The maximum absolute atomic E-state index is 12.0. The third-order valence-corrected chi connectivity index (χ3v) is 3.25. The summed E-state index contributed by atoms with van der Waals surface area (Å²) >= 11 is 0. The quantitative estimate of drug-likeness (QED) is 0.666. The van der Waals surface area contributed by atoms with Gasteiger partial charge in [0.2, 0.25) is 0 Å². The topological polar surface area (TPSA) is 31.2 Å². The normalized spacial score (nSPS) is 10.7. The van der Waals surface area contributed by atoms with E-state index in [0.717, 1.165) is 16.7 Å². The minimum Gasteiger partial charge on any atom is -0.375 e. The van der Waals surface area contributed by atoms with Crippen molar-refractivity contribution in [2.75, 3.05) is 0 Å². The van der Waals surface area contributed by atoms with E-state index < -0.39 is 0 Å². The fraction of sp³-hybridized carbons (Fsp3) is 0.118. The number of Topliss-reactive ketones (excluding diaryl/α,β-unsaturated/α-hetero) is 1. The Balaban J connectivity index is 2.09. The molecule has 3 rings (SSSR count). The van der Waals surface area contributed by atoms with Crippen LogP contribution in [0.3, 0.4) is 0 Å². The molecule has 1 heterocycles. The molecule has 0 saturated carbocycles. The van der Waals surface area contributed by atoms with Gasteiger partial charge in [-0.1, -0.05) is 43.3 Å². The van der Waals surface area contributed by atoms with E-state index in [4.69, 9.17) is 4.84 Å². The third-order valence-electron chi connectivity index (χ3n) is 3.25. The molecule has 0 unspecified atom stereocenters. The van der Waals surface area contributed by atoms with Crippen molar-refractivity contribution in [3.8, 4) is 5.75 Å². The molecule has 0 fully saturated rings. The summed E-state index contributed by atoms with van der Waals surface area (Å²) in [5, 5.41) is 0.926. The average Bonchev–Trinajstić information content (AvgIpc) is 2.87. The van der Waals surface area contributed by atoms with E-state index >= 15 is 0 Å². The van der Waals surface area contributed by atoms with E-state index in [0.29, 0.717) is 12.0 Å². The van der Waals surface area contributed by atoms with Crippen molar-refractivity contribution in [1.29, 1.82) is 0 Å². The van der Waals surface area contributed by atoms with E-state index in [1.807, 2.05) is 61.5 Å². The van der Waals surface area contributed by atoms with Crippen LogP contribution in [0, 0.1) is 0 Å². The molecule has 0 bridgehead atoms. The van der Waals surface area contributed by atoms with Gasteiger partial charge in [0, 0.05) is 17.4 Å². The summed E-state index contributed by atoms with van der Waals surface area (Å²) in [6, 6.07) is 17.3. The summed E-state index contributed by atoms with van der Waals surface area (Å²) < 4.78 is 1.66. The Hall–Kier alpha value is -2.55. The summed E-state index contributed by atoms with van der Waals surface area (Å²) in [6.07, 6.45) is 2.25. The second-order valence-electron chi connectivity index (χ2n) is 4.57. The molecular weight excluding hydrogens is 250 g/mol. The average molecular weight is 265 g/mol. The van der Waals surface area contributed by atoms with E-state index in [-0.39, 0.29) is 5.78 Å². The lowest BCUT2D eigenvalue weighted by Crippen LogP contribution is -2.03. The molecular formula is C17H15NO2. The smallest absolute Gasteiger partial charge is 0.164 e. The zero-order valence-electron chi connectivity index (χ0n) is 11.2. The van der Waals surface area contributed by atoms with Crippen LogP contribution in [0.15, 0.2) is 60.8 Å². The summed E-state index contributed by atoms with van der Waals surface area (Å²) in [5.41, 5.74) is 1.60. The molecule has 0 aliphatic heterocycles. The monoisotopic (exact) mass is 265 g/mol. The Bertz CT molecular complexity index is 744. The number of nitrogens with zero attached hydrogens (tertiary/aromatic N) is 1. The Morgan fingerprint density at radius 2 is 1.75 bits per heavy atom. The van der Waals surface area contributed by atoms with Crippen molar-refractivity contribution in [1.82, 2.24) is 4.73 Å².